The molecule has 0 spiro atoms. The molecule has 0 bridgehead atoms. The first-order valence-corrected chi connectivity index (χ1v) is 5.02. The molecule has 1 aromatic carbocycles. The first-order chi connectivity index (χ1) is 7.61. The van der Waals surface area contributed by atoms with E-state index in [9.17, 15) is 4.39 Å². The first kappa shape index (κ1) is 11.1. The second-order valence-electron chi connectivity index (χ2n) is 3.42. The van der Waals surface area contributed by atoms with Gasteiger partial charge in [0.15, 0.2) is 5.82 Å². The van der Waals surface area contributed by atoms with Crippen LogP contribution >= 0.6 is 11.6 Å². The number of rotatable bonds is 2. The molecule has 2 aromatic rings. The number of ether oxygens (including phenoxy) is 1. The lowest BCUT2D eigenvalue weighted by Crippen LogP contribution is -1.98. The van der Waals surface area contributed by atoms with E-state index in [1.165, 1.54) is 6.07 Å². The van der Waals surface area contributed by atoms with Crippen LogP contribution in [-0.2, 0) is 11.3 Å². The molecule has 0 amide bonds. The number of halogens is 2. The Labute approximate surface area is 97.0 Å². The number of aromatic nitrogens is 1. The summed E-state index contributed by atoms with van der Waals surface area (Å²) < 4.78 is 18.5. The Hall–Kier alpha value is -1.39. The van der Waals surface area contributed by atoms with E-state index in [1.54, 1.807) is 19.2 Å². The molecule has 0 fully saturated rings. The van der Waals surface area contributed by atoms with Crippen molar-refractivity contribution in [2.45, 2.75) is 6.61 Å². The lowest BCUT2D eigenvalue weighted by Gasteiger charge is -2.07. The molecule has 1 aromatic heterocycles. The molecule has 2 rings (SSSR count). The van der Waals surface area contributed by atoms with E-state index in [4.69, 9.17) is 22.1 Å². The lowest BCUT2D eigenvalue weighted by atomic mass is 10.1. The number of anilines is 1. The predicted octanol–water partition coefficient (Wildman–Crippen LogP) is 2.76. The zero-order chi connectivity index (χ0) is 11.7. The third-order valence-corrected chi connectivity index (χ3v) is 2.43. The van der Waals surface area contributed by atoms with Gasteiger partial charge in [-0.2, -0.15) is 0 Å². The summed E-state index contributed by atoms with van der Waals surface area (Å²) in [4.78, 5) is 4.13. The van der Waals surface area contributed by atoms with Crippen LogP contribution in [0, 0.1) is 5.82 Å². The molecular formula is C11H10ClFN2O. The standard InChI is InChI=1S/C11H10ClFN2O/c1-16-5-7-4-10(14)8-2-6(12)3-9(13)11(8)15-7/h2-4H,5H2,1H3,(H2,14,15). The van der Waals surface area contributed by atoms with Crippen LogP contribution in [0.1, 0.15) is 5.69 Å². The maximum absolute atomic E-state index is 13.6. The molecule has 0 aliphatic carbocycles. The Kier molecular flexibility index (Phi) is 2.94. The van der Waals surface area contributed by atoms with E-state index in [0.717, 1.165) is 0 Å². The number of fused-ring (bicyclic) bond motifs is 1. The minimum Gasteiger partial charge on any atom is -0.398 e. The van der Waals surface area contributed by atoms with Gasteiger partial charge in [0.05, 0.1) is 12.3 Å². The van der Waals surface area contributed by atoms with Crippen LogP contribution in [-0.4, -0.2) is 12.1 Å². The molecule has 0 aliphatic heterocycles. The highest BCUT2D eigenvalue weighted by molar-refractivity contribution is 6.31. The predicted molar refractivity (Wildman–Crippen MR) is 61.8 cm³/mol. The quantitative estimate of drug-likeness (QED) is 0.878. The van der Waals surface area contributed by atoms with E-state index in [-0.39, 0.29) is 5.52 Å². The number of benzene rings is 1. The van der Waals surface area contributed by atoms with Crippen LogP contribution in [0.5, 0.6) is 0 Å². The fraction of sp³-hybridized carbons (Fsp3) is 0.182. The van der Waals surface area contributed by atoms with Crippen molar-refractivity contribution in [3.05, 3.63) is 34.7 Å². The summed E-state index contributed by atoms with van der Waals surface area (Å²) >= 11 is 5.75. The Morgan fingerprint density at radius 2 is 2.19 bits per heavy atom. The van der Waals surface area contributed by atoms with Crippen LogP contribution in [0.15, 0.2) is 18.2 Å². The number of nitrogen functional groups attached to an aromatic ring is 1. The van der Waals surface area contributed by atoms with Gasteiger partial charge in [-0.05, 0) is 18.2 Å². The van der Waals surface area contributed by atoms with E-state index in [0.29, 0.717) is 28.4 Å². The van der Waals surface area contributed by atoms with Gasteiger partial charge < -0.3 is 10.5 Å². The second kappa shape index (κ2) is 4.23. The van der Waals surface area contributed by atoms with Crippen LogP contribution in [0.4, 0.5) is 10.1 Å². The number of pyridine rings is 1. The average molecular weight is 241 g/mol. The molecule has 2 N–H and O–H groups in total. The minimum absolute atomic E-state index is 0.219. The largest absolute Gasteiger partial charge is 0.398 e. The van der Waals surface area contributed by atoms with Crippen LogP contribution in [0.3, 0.4) is 0 Å². The molecule has 5 heteroatoms. The van der Waals surface area contributed by atoms with Gasteiger partial charge in [-0.1, -0.05) is 11.6 Å². The summed E-state index contributed by atoms with van der Waals surface area (Å²) in [5.41, 5.74) is 7.06. The van der Waals surface area contributed by atoms with Crippen molar-refractivity contribution in [2.75, 3.05) is 12.8 Å². The van der Waals surface area contributed by atoms with Gasteiger partial charge >= 0.3 is 0 Å². The van der Waals surface area contributed by atoms with Crippen LogP contribution < -0.4 is 5.73 Å². The third-order valence-electron chi connectivity index (χ3n) is 2.21. The van der Waals surface area contributed by atoms with Gasteiger partial charge in [-0.25, -0.2) is 9.37 Å². The maximum Gasteiger partial charge on any atom is 0.150 e. The zero-order valence-corrected chi connectivity index (χ0v) is 9.38. The summed E-state index contributed by atoms with van der Waals surface area (Å²) in [5, 5.41) is 0.822. The molecular weight excluding hydrogens is 231 g/mol. The fourth-order valence-corrected chi connectivity index (χ4v) is 1.76. The van der Waals surface area contributed by atoms with Crippen molar-refractivity contribution >= 4 is 28.2 Å². The van der Waals surface area contributed by atoms with Gasteiger partial charge in [-0.15, -0.1) is 0 Å². The third kappa shape index (κ3) is 1.94. The van der Waals surface area contributed by atoms with Crippen molar-refractivity contribution in [3.63, 3.8) is 0 Å². The minimum atomic E-state index is -0.479. The van der Waals surface area contributed by atoms with Crippen molar-refractivity contribution in [3.8, 4) is 0 Å². The number of nitrogens with two attached hydrogens (primary N) is 1. The monoisotopic (exact) mass is 240 g/mol. The molecule has 0 aliphatic rings. The van der Waals surface area contributed by atoms with Gasteiger partial charge in [-0.3, -0.25) is 0 Å². The van der Waals surface area contributed by atoms with Crippen molar-refractivity contribution < 1.29 is 9.13 Å². The van der Waals surface area contributed by atoms with Gasteiger partial charge in [0, 0.05) is 23.2 Å². The molecule has 0 saturated carbocycles. The topological polar surface area (TPSA) is 48.1 Å². The molecule has 84 valence electrons. The Bertz CT molecular complexity index is 545. The van der Waals surface area contributed by atoms with E-state index in [2.05, 4.69) is 4.98 Å². The summed E-state index contributed by atoms with van der Waals surface area (Å²) in [7, 11) is 1.54. The van der Waals surface area contributed by atoms with Gasteiger partial charge in [0.25, 0.3) is 0 Å². The SMILES string of the molecule is COCc1cc(N)c2cc(Cl)cc(F)c2n1. The van der Waals surface area contributed by atoms with E-state index >= 15 is 0 Å². The van der Waals surface area contributed by atoms with E-state index < -0.39 is 5.82 Å². The highest BCUT2D eigenvalue weighted by Gasteiger charge is 2.09. The number of methoxy groups -OCH3 is 1. The number of nitrogens with zero attached hydrogens (tertiary/aromatic N) is 1. The number of hydrogen-bond acceptors (Lipinski definition) is 3. The Balaban J connectivity index is 2.71. The highest BCUT2D eigenvalue weighted by atomic mass is 35.5. The fourth-order valence-electron chi connectivity index (χ4n) is 1.55. The molecule has 1 heterocycles. The highest BCUT2D eigenvalue weighted by Crippen LogP contribution is 2.26. The second-order valence-corrected chi connectivity index (χ2v) is 3.86. The van der Waals surface area contributed by atoms with Crippen molar-refractivity contribution in [2.24, 2.45) is 0 Å². The van der Waals surface area contributed by atoms with Crippen LogP contribution in [0.25, 0.3) is 10.9 Å². The van der Waals surface area contributed by atoms with Crippen molar-refractivity contribution in [1.82, 2.24) is 4.98 Å². The summed E-state index contributed by atoms with van der Waals surface area (Å²) in [6.45, 7) is 0.294. The number of hydrogen-bond donors (Lipinski definition) is 1. The molecule has 3 nitrogen and oxygen atoms in total. The summed E-state index contributed by atoms with van der Waals surface area (Å²) in [6, 6.07) is 4.47. The Morgan fingerprint density at radius 3 is 2.88 bits per heavy atom. The molecule has 16 heavy (non-hydrogen) atoms. The van der Waals surface area contributed by atoms with E-state index in [1.807, 2.05) is 0 Å². The average Bonchev–Trinajstić information content (AvgIpc) is 2.20. The zero-order valence-electron chi connectivity index (χ0n) is 8.63. The van der Waals surface area contributed by atoms with Crippen molar-refractivity contribution in [1.29, 1.82) is 0 Å². The molecule has 0 unspecified atom stereocenters. The summed E-state index contributed by atoms with van der Waals surface area (Å²) in [6.07, 6.45) is 0. The lowest BCUT2D eigenvalue weighted by molar-refractivity contribution is 0.182. The van der Waals surface area contributed by atoms with Gasteiger partial charge in [0.2, 0.25) is 0 Å². The maximum atomic E-state index is 13.6. The molecule has 0 atom stereocenters. The summed E-state index contributed by atoms with van der Waals surface area (Å²) in [5.74, 6) is -0.479. The molecule has 0 radical (unpaired) electrons. The Morgan fingerprint density at radius 1 is 1.44 bits per heavy atom. The van der Waals surface area contributed by atoms with Crippen LogP contribution in [0.2, 0.25) is 5.02 Å². The first-order valence-electron chi connectivity index (χ1n) is 4.65. The normalized spacial score (nSPS) is 10.9. The van der Waals surface area contributed by atoms with Gasteiger partial charge in [0.1, 0.15) is 5.52 Å². The smallest absolute Gasteiger partial charge is 0.150 e. The molecule has 0 saturated heterocycles.